The fourth-order valence-electron chi connectivity index (χ4n) is 2.28. The van der Waals surface area contributed by atoms with Crippen LogP contribution in [0.1, 0.15) is 59.8 Å². The standard InChI is InChI=1S/C14H28/c1-6-7-8-9-10-11-14(12(2)3)13(4)5/h6,12-14H,1,7-11H2,2-5H3. The van der Waals surface area contributed by atoms with Crippen LogP contribution in [0.5, 0.6) is 0 Å². The molecule has 0 aliphatic rings. The summed E-state index contributed by atoms with van der Waals surface area (Å²) in [5.41, 5.74) is 0. The molecule has 0 saturated carbocycles. The van der Waals surface area contributed by atoms with Gasteiger partial charge < -0.3 is 0 Å². The molecule has 0 heteroatoms. The first-order valence-electron chi connectivity index (χ1n) is 6.20. The van der Waals surface area contributed by atoms with Crippen molar-refractivity contribution in [3.63, 3.8) is 0 Å². The summed E-state index contributed by atoms with van der Waals surface area (Å²) in [6.07, 6.45) is 8.73. The van der Waals surface area contributed by atoms with Crippen LogP contribution in [0.15, 0.2) is 12.7 Å². The second-order valence-electron chi connectivity index (χ2n) is 5.08. The Morgan fingerprint density at radius 1 is 0.929 bits per heavy atom. The van der Waals surface area contributed by atoms with Crippen molar-refractivity contribution in [2.75, 3.05) is 0 Å². The van der Waals surface area contributed by atoms with Crippen molar-refractivity contribution < 1.29 is 0 Å². The lowest BCUT2D eigenvalue weighted by molar-refractivity contribution is 0.261. The molecule has 0 amide bonds. The zero-order valence-corrected chi connectivity index (χ0v) is 10.6. The van der Waals surface area contributed by atoms with Crippen molar-refractivity contribution in [1.29, 1.82) is 0 Å². The third-order valence-corrected chi connectivity index (χ3v) is 3.16. The highest BCUT2D eigenvalue weighted by Gasteiger charge is 2.16. The van der Waals surface area contributed by atoms with Crippen molar-refractivity contribution in [2.45, 2.75) is 59.8 Å². The van der Waals surface area contributed by atoms with E-state index in [-0.39, 0.29) is 0 Å². The van der Waals surface area contributed by atoms with E-state index < -0.39 is 0 Å². The molecule has 14 heavy (non-hydrogen) atoms. The van der Waals surface area contributed by atoms with Crippen molar-refractivity contribution in [1.82, 2.24) is 0 Å². The first kappa shape index (κ1) is 13.7. The summed E-state index contributed by atoms with van der Waals surface area (Å²) in [4.78, 5) is 0. The maximum Gasteiger partial charge on any atom is -0.0353 e. The SMILES string of the molecule is C=CCCCCCC(C(C)C)C(C)C. The summed E-state index contributed by atoms with van der Waals surface area (Å²) in [5, 5.41) is 0. The molecular weight excluding hydrogens is 168 g/mol. The van der Waals surface area contributed by atoms with E-state index in [1.165, 1.54) is 32.1 Å². The van der Waals surface area contributed by atoms with Gasteiger partial charge in [-0.3, -0.25) is 0 Å². The quantitative estimate of drug-likeness (QED) is 0.376. The highest BCUT2D eigenvalue weighted by Crippen LogP contribution is 2.26. The molecular formula is C14H28. The lowest BCUT2D eigenvalue weighted by atomic mass is 9.82. The van der Waals surface area contributed by atoms with Crippen molar-refractivity contribution in [3.8, 4) is 0 Å². The molecule has 0 nitrogen and oxygen atoms in total. The summed E-state index contributed by atoms with van der Waals surface area (Å²) in [5.74, 6) is 2.60. The van der Waals surface area contributed by atoms with Gasteiger partial charge in [-0.25, -0.2) is 0 Å². The normalized spacial score (nSPS) is 11.6. The van der Waals surface area contributed by atoms with E-state index in [4.69, 9.17) is 0 Å². The Bertz CT molecular complexity index is 125. The second-order valence-corrected chi connectivity index (χ2v) is 5.08. The van der Waals surface area contributed by atoms with Gasteiger partial charge in [0.15, 0.2) is 0 Å². The van der Waals surface area contributed by atoms with Crippen LogP contribution >= 0.6 is 0 Å². The van der Waals surface area contributed by atoms with E-state index in [9.17, 15) is 0 Å². The zero-order valence-electron chi connectivity index (χ0n) is 10.6. The van der Waals surface area contributed by atoms with Crippen LogP contribution in [0, 0.1) is 17.8 Å². The fraction of sp³-hybridized carbons (Fsp3) is 0.857. The predicted octanol–water partition coefficient (Wildman–Crippen LogP) is 5.05. The van der Waals surface area contributed by atoms with E-state index in [0.29, 0.717) is 0 Å². The molecule has 0 bridgehead atoms. The minimum Gasteiger partial charge on any atom is -0.103 e. The van der Waals surface area contributed by atoms with Gasteiger partial charge in [0.25, 0.3) is 0 Å². The van der Waals surface area contributed by atoms with Crippen LogP contribution in [0.4, 0.5) is 0 Å². The van der Waals surface area contributed by atoms with Gasteiger partial charge in [0.2, 0.25) is 0 Å². The number of unbranched alkanes of at least 4 members (excludes halogenated alkanes) is 3. The van der Waals surface area contributed by atoms with Crippen molar-refractivity contribution in [2.24, 2.45) is 17.8 Å². The number of rotatable bonds is 8. The van der Waals surface area contributed by atoms with Crippen LogP contribution in [0.3, 0.4) is 0 Å². The summed E-state index contributed by atoms with van der Waals surface area (Å²) in [7, 11) is 0. The predicted molar refractivity (Wildman–Crippen MR) is 66.4 cm³/mol. The Morgan fingerprint density at radius 2 is 1.50 bits per heavy atom. The van der Waals surface area contributed by atoms with E-state index in [2.05, 4.69) is 34.3 Å². The molecule has 0 rings (SSSR count). The van der Waals surface area contributed by atoms with E-state index in [0.717, 1.165) is 17.8 Å². The van der Waals surface area contributed by atoms with Crippen LogP contribution < -0.4 is 0 Å². The van der Waals surface area contributed by atoms with Gasteiger partial charge in [0.1, 0.15) is 0 Å². The van der Waals surface area contributed by atoms with Crippen LogP contribution in [0.2, 0.25) is 0 Å². The molecule has 0 N–H and O–H groups in total. The minimum absolute atomic E-state index is 0.842. The fourth-order valence-corrected chi connectivity index (χ4v) is 2.28. The third-order valence-electron chi connectivity index (χ3n) is 3.16. The molecule has 0 spiro atoms. The minimum atomic E-state index is 0.842. The Hall–Kier alpha value is -0.260. The molecule has 0 atom stereocenters. The molecule has 0 heterocycles. The van der Waals surface area contributed by atoms with Gasteiger partial charge in [-0.15, -0.1) is 6.58 Å². The summed E-state index contributed by atoms with van der Waals surface area (Å²) >= 11 is 0. The lowest BCUT2D eigenvalue weighted by Gasteiger charge is -2.24. The highest BCUT2D eigenvalue weighted by molar-refractivity contribution is 4.68. The molecule has 0 unspecified atom stereocenters. The molecule has 0 radical (unpaired) electrons. The van der Waals surface area contributed by atoms with Crippen LogP contribution in [-0.2, 0) is 0 Å². The molecule has 0 aromatic carbocycles. The Kier molecular flexibility index (Phi) is 7.93. The Morgan fingerprint density at radius 3 is 1.93 bits per heavy atom. The number of hydrogen-bond donors (Lipinski definition) is 0. The first-order chi connectivity index (χ1) is 6.59. The average molecular weight is 196 g/mol. The maximum atomic E-state index is 3.75. The second kappa shape index (κ2) is 8.08. The topological polar surface area (TPSA) is 0 Å². The molecule has 84 valence electrons. The Balaban J connectivity index is 3.56. The van der Waals surface area contributed by atoms with Gasteiger partial charge in [0.05, 0.1) is 0 Å². The molecule has 0 saturated heterocycles. The summed E-state index contributed by atoms with van der Waals surface area (Å²) in [6.45, 7) is 13.2. The van der Waals surface area contributed by atoms with Crippen LogP contribution in [0.25, 0.3) is 0 Å². The maximum absolute atomic E-state index is 3.75. The molecule has 0 aliphatic carbocycles. The molecule has 0 aromatic rings. The summed E-state index contributed by atoms with van der Waals surface area (Å²) < 4.78 is 0. The molecule has 0 fully saturated rings. The van der Waals surface area contributed by atoms with Gasteiger partial charge in [-0.2, -0.15) is 0 Å². The highest BCUT2D eigenvalue weighted by atomic mass is 14.2. The molecule has 0 aliphatic heterocycles. The lowest BCUT2D eigenvalue weighted by Crippen LogP contribution is -2.15. The van der Waals surface area contributed by atoms with Gasteiger partial charge >= 0.3 is 0 Å². The summed E-state index contributed by atoms with van der Waals surface area (Å²) in [6, 6.07) is 0. The van der Waals surface area contributed by atoms with Gasteiger partial charge in [-0.1, -0.05) is 46.6 Å². The smallest absolute Gasteiger partial charge is 0.0353 e. The van der Waals surface area contributed by atoms with E-state index >= 15 is 0 Å². The van der Waals surface area contributed by atoms with E-state index in [1.807, 2.05) is 6.08 Å². The Labute approximate surface area is 90.8 Å². The number of hydrogen-bond acceptors (Lipinski definition) is 0. The average Bonchev–Trinajstić information content (AvgIpc) is 2.09. The van der Waals surface area contributed by atoms with Gasteiger partial charge in [-0.05, 0) is 37.0 Å². The molecule has 0 aromatic heterocycles. The van der Waals surface area contributed by atoms with E-state index in [1.54, 1.807) is 0 Å². The largest absolute Gasteiger partial charge is 0.103 e. The zero-order chi connectivity index (χ0) is 11.0. The third kappa shape index (κ3) is 6.23. The van der Waals surface area contributed by atoms with Crippen molar-refractivity contribution >= 4 is 0 Å². The van der Waals surface area contributed by atoms with Crippen molar-refractivity contribution in [3.05, 3.63) is 12.7 Å². The monoisotopic (exact) mass is 196 g/mol. The first-order valence-corrected chi connectivity index (χ1v) is 6.20. The van der Waals surface area contributed by atoms with Gasteiger partial charge in [0, 0.05) is 0 Å². The van der Waals surface area contributed by atoms with Crippen LogP contribution in [-0.4, -0.2) is 0 Å². The number of allylic oxidation sites excluding steroid dienone is 1.